The van der Waals surface area contributed by atoms with Crippen LogP contribution in [0.4, 0.5) is 13.6 Å². The van der Waals surface area contributed by atoms with E-state index in [9.17, 15) is 13.6 Å². The highest BCUT2D eigenvalue weighted by atomic mass is 35.5. The topological polar surface area (TPSA) is 35.6 Å². The number of likely N-dealkylation sites (tertiary alicyclic amines) is 1. The number of rotatable bonds is 3. The highest BCUT2D eigenvalue weighted by molar-refractivity contribution is 5.85. The Bertz CT molecular complexity index is 681. The molecule has 1 aliphatic carbocycles. The molecule has 2 amide bonds. The molecular formula is C20H28ClF2N3O. The molecule has 3 aliphatic rings. The Hall–Kier alpha value is -1.40. The van der Waals surface area contributed by atoms with Crippen LogP contribution in [0.15, 0.2) is 18.2 Å². The Morgan fingerprint density at radius 2 is 1.89 bits per heavy atom. The van der Waals surface area contributed by atoms with Crippen molar-refractivity contribution >= 4 is 18.4 Å². The van der Waals surface area contributed by atoms with E-state index in [-0.39, 0.29) is 25.4 Å². The average molecular weight is 400 g/mol. The minimum atomic E-state index is -2.74. The lowest BCUT2D eigenvalue weighted by Crippen LogP contribution is -2.41. The van der Waals surface area contributed by atoms with Gasteiger partial charge in [-0.3, -0.25) is 4.90 Å². The Balaban J connectivity index is 0.00000210. The first-order chi connectivity index (χ1) is 12.5. The summed E-state index contributed by atoms with van der Waals surface area (Å²) in [4.78, 5) is 15.9. The largest absolute Gasteiger partial charge is 0.334 e. The maximum atomic E-state index is 13.2. The van der Waals surface area contributed by atoms with Gasteiger partial charge in [0.15, 0.2) is 0 Å². The van der Waals surface area contributed by atoms with Crippen LogP contribution in [-0.2, 0) is 19.4 Å². The zero-order valence-corrected chi connectivity index (χ0v) is 16.4. The number of carbonyl (C=O) groups excluding carboxylic acids is 1. The number of hydrogen-bond acceptors (Lipinski definition) is 2. The molecule has 0 spiro atoms. The van der Waals surface area contributed by atoms with Crippen LogP contribution in [0.5, 0.6) is 0 Å². The molecule has 1 N–H and O–H groups in total. The van der Waals surface area contributed by atoms with Gasteiger partial charge in [0.05, 0.1) is 6.54 Å². The number of carbonyl (C=O) groups is 1. The second-order valence-corrected chi connectivity index (χ2v) is 7.91. The third kappa shape index (κ3) is 4.72. The van der Waals surface area contributed by atoms with Gasteiger partial charge in [-0.1, -0.05) is 24.6 Å². The molecule has 0 unspecified atom stereocenters. The molecule has 2 aliphatic heterocycles. The first kappa shape index (κ1) is 20.3. The lowest BCUT2D eigenvalue weighted by Gasteiger charge is -2.36. The van der Waals surface area contributed by atoms with E-state index in [2.05, 4.69) is 28.4 Å². The monoisotopic (exact) mass is 399 g/mol. The van der Waals surface area contributed by atoms with Gasteiger partial charge in [0.25, 0.3) is 5.92 Å². The van der Waals surface area contributed by atoms with Gasteiger partial charge in [0.2, 0.25) is 0 Å². The van der Waals surface area contributed by atoms with E-state index in [0.717, 1.165) is 37.5 Å². The first-order valence-electron chi connectivity index (χ1n) is 9.75. The van der Waals surface area contributed by atoms with Crippen molar-refractivity contribution in [2.75, 3.05) is 26.2 Å². The molecule has 2 heterocycles. The molecule has 0 aromatic heterocycles. The number of amides is 2. The highest BCUT2D eigenvalue weighted by Crippen LogP contribution is 2.28. The van der Waals surface area contributed by atoms with Crippen molar-refractivity contribution in [3.63, 3.8) is 0 Å². The van der Waals surface area contributed by atoms with Gasteiger partial charge in [0.1, 0.15) is 0 Å². The lowest BCUT2D eigenvalue weighted by molar-refractivity contribution is 0.0153. The second-order valence-electron chi connectivity index (χ2n) is 7.91. The van der Waals surface area contributed by atoms with E-state index in [4.69, 9.17) is 0 Å². The van der Waals surface area contributed by atoms with Crippen LogP contribution in [0.3, 0.4) is 0 Å². The van der Waals surface area contributed by atoms with Crippen LogP contribution >= 0.6 is 12.4 Å². The average Bonchev–Trinajstić information content (AvgIpc) is 2.81. The van der Waals surface area contributed by atoms with E-state index in [1.165, 1.54) is 35.3 Å². The van der Waals surface area contributed by atoms with E-state index in [0.29, 0.717) is 6.54 Å². The Labute approximate surface area is 165 Å². The van der Waals surface area contributed by atoms with Crippen LogP contribution in [0.25, 0.3) is 0 Å². The number of halogens is 3. The molecule has 1 aromatic carbocycles. The molecule has 4 rings (SSSR count). The van der Waals surface area contributed by atoms with Gasteiger partial charge in [0, 0.05) is 38.6 Å². The summed E-state index contributed by atoms with van der Waals surface area (Å²) in [5.41, 5.74) is 3.81. The fourth-order valence-corrected chi connectivity index (χ4v) is 4.22. The van der Waals surface area contributed by atoms with Gasteiger partial charge < -0.3 is 10.2 Å². The second kappa shape index (κ2) is 8.31. The molecule has 0 radical (unpaired) electrons. The quantitative estimate of drug-likeness (QED) is 0.842. The molecule has 1 saturated heterocycles. The summed E-state index contributed by atoms with van der Waals surface area (Å²) < 4.78 is 26.5. The summed E-state index contributed by atoms with van der Waals surface area (Å²) in [5.74, 6) is -2.74. The number of hydrogen-bond donors (Lipinski definition) is 1. The minimum Gasteiger partial charge on any atom is -0.334 e. The van der Waals surface area contributed by atoms with Gasteiger partial charge in [-0.2, -0.15) is 0 Å². The number of nitrogens with zero attached hydrogens (tertiary/aromatic N) is 2. The van der Waals surface area contributed by atoms with Crippen molar-refractivity contribution in [2.45, 2.75) is 57.0 Å². The van der Waals surface area contributed by atoms with E-state index < -0.39 is 18.5 Å². The standard InChI is InChI=1S/C20H27F2N3O.ClH/c21-20(22)8-11-25(14-20)19(26)23-13-15-4-5-16-6-9-24(18-2-1-3-18)10-7-17(16)12-15;/h4-5,12,18H,1-3,6-11,13-14H2,(H,23,26);1H. The van der Waals surface area contributed by atoms with Crippen molar-refractivity contribution in [2.24, 2.45) is 0 Å². The summed E-state index contributed by atoms with van der Waals surface area (Å²) in [5, 5.41) is 2.79. The first-order valence-corrected chi connectivity index (χ1v) is 9.75. The molecule has 0 atom stereocenters. The van der Waals surface area contributed by atoms with Crippen LogP contribution < -0.4 is 5.32 Å². The number of benzene rings is 1. The van der Waals surface area contributed by atoms with Crippen molar-refractivity contribution in [3.8, 4) is 0 Å². The number of nitrogens with one attached hydrogen (secondary N) is 1. The van der Waals surface area contributed by atoms with Crippen LogP contribution in [0, 0.1) is 0 Å². The SMILES string of the molecule is Cl.O=C(NCc1ccc2c(c1)CCN(C1CCC1)CC2)N1CCC(F)(F)C1. The molecular weight excluding hydrogens is 372 g/mol. The van der Waals surface area contributed by atoms with Crippen LogP contribution in [0.1, 0.15) is 42.4 Å². The maximum Gasteiger partial charge on any atom is 0.317 e. The Morgan fingerprint density at radius 3 is 2.52 bits per heavy atom. The number of fused-ring (bicyclic) bond motifs is 1. The molecule has 150 valence electrons. The third-order valence-electron chi connectivity index (χ3n) is 6.10. The zero-order chi connectivity index (χ0) is 18.1. The van der Waals surface area contributed by atoms with Crippen molar-refractivity contribution < 1.29 is 13.6 Å². The van der Waals surface area contributed by atoms with Crippen molar-refractivity contribution in [3.05, 3.63) is 34.9 Å². The van der Waals surface area contributed by atoms with Crippen LogP contribution in [0.2, 0.25) is 0 Å². The fourth-order valence-electron chi connectivity index (χ4n) is 4.22. The fraction of sp³-hybridized carbons (Fsp3) is 0.650. The Morgan fingerprint density at radius 1 is 1.15 bits per heavy atom. The molecule has 27 heavy (non-hydrogen) atoms. The summed E-state index contributed by atoms with van der Waals surface area (Å²) in [6, 6.07) is 6.79. The molecule has 7 heteroatoms. The predicted molar refractivity (Wildman–Crippen MR) is 104 cm³/mol. The maximum absolute atomic E-state index is 13.2. The predicted octanol–water partition coefficient (Wildman–Crippen LogP) is 3.61. The Kier molecular flexibility index (Phi) is 6.26. The molecule has 2 fully saturated rings. The third-order valence-corrected chi connectivity index (χ3v) is 6.10. The molecule has 0 bridgehead atoms. The van der Waals surface area contributed by atoms with Gasteiger partial charge in [-0.25, -0.2) is 13.6 Å². The number of alkyl halides is 2. The molecule has 1 saturated carbocycles. The summed E-state index contributed by atoms with van der Waals surface area (Å²) in [7, 11) is 0. The van der Waals surface area contributed by atoms with Gasteiger partial charge in [-0.15, -0.1) is 12.4 Å². The van der Waals surface area contributed by atoms with Crippen molar-refractivity contribution in [1.82, 2.24) is 15.1 Å². The normalized spacial score (nSPS) is 22.4. The number of urea groups is 1. The van der Waals surface area contributed by atoms with E-state index in [1.54, 1.807) is 0 Å². The van der Waals surface area contributed by atoms with Crippen molar-refractivity contribution in [1.29, 1.82) is 0 Å². The summed E-state index contributed by atoms with van der Waals surface area (Å²) in [6.07, 6.45) is 5.93. The smallest absolute Gasteiger partial charge is 0.317 e. The highest BCUT2D eigenvalue weighted by Gasteiger charge is 2.40. The zero-order valence-electron chi connectivity index (χ0n) is 15.6. The lowest BCUT2D eigenvalue weighted by atomic mass is 9.91. The van der Waals surface area contributed by atoms with Gasteiger partial charge >= 0.3 is 6.03 Å². The van der Waals surface area contributed by atoms with Crippen LogP contribution in [-0.4, -0.2) is 54.0 Å². The van der Waals surface area contributed by atoms with Gasteiger partial charge in [-0.05, 0) is 42.4 Å². The molecule has 1 aromatic rings. The summed E-state index contributed by atoms with van der Waals surface area (Å²) in [6.45, 7) is 2.29. The minimum absolute atomic E-state index is 0. The molecule has 4 nitrogen and oxygen atoms in total. The summed E-state index contributed by atoms with van der Waals surface area (Å²) >= 11 is 0. The van der Waals surface area contributed by atoms with E-state index in [1.807, 2.05) is 0 Å². The van der Waals surface area contributed by atoms with E-state index >= 15 is 0 Å².